The van der Waals surface area contributed by atoms with Gasteiger partial charge >= 0.3 is 12.3 Å². The van der Waals surface area contributed by atoms with Gasteiger partial charge in [0.1, 0.15) is 0 Å². The molecule has 2 N–H and O–H groups in total. The third-order valence-corrected chi connectivity index (χ3v) is 1.50. The van der Waals surface area contributed by atoms with E-state index in [-0.39, 0.29) is 11.4 Å². The number of nitrogen functional groups attached to an aromatic ring is 1. The lowest BCUT2D eigenvalue weighted by molar-refractivity contribution is -0.275. The van der Waals surface area contributed by atoms with E-state index in [2.05, 4.69) is 14.5 Å². The van der Waals surface area contributed by atoms with Crippen LogP contribution in [0.3, 0.4) is 0 Å². The van der Waals surface area contributed by atoms with Crippen LogP contribution >= 0.6 is 0 Å². The molecule has 0 atom stereocenters. The maximum Gasteiger partial charge on any atom is 0.574 e. The first-order chi connectivity index (χ1) is 7.33. The van der Waals surface area contributed by atoms with Crippen LogP contribution in [0, 0.1) is 0 Å². The molecule has 1 heterocycles. The van der Waals surface area contributed by atoms with Gasteiger partial charge in [0, 0.05) is 0 Å². The van der Waals surface area contributed by atoms with Crippen molar-refractivity contribution < 1.29 is 27.4 Å². The average Bonchev–Trinajstić information content (AvgIpc) is 2.18. The Bertz CT molecular complexity index is 406. The van der Waals surface area contributed by atoms with Crippen molar-refractivity contribution in [2.75, 3.05) is 12.8 Å². The standard InChI is InChI=1S/C8H7F3N2O3/c1-15-7(14)5-3-2-4(12)6(13-5)16-8(9,10)11/h2-3H,12H2,1H3. The van der Waals surface area contributed by atoms with Gasteiger partial charge in [0.25, 0.3) is 0 Å². The molecule has 16 heavy (non-hydrogen) atoms. The van der Waals surface area contributed by atoms with Crippen LogP contribution in [-0.2, 0) is 4.74 Å². The Hall–Kier alpha value is -1.99. The number of hydrogen-bond acceptors (Lipinski definition) is 5. The number of ether oxygens (including phenoxy) is 2. The summed E-state index contributed by atoms with van der Waals surface area (Å²) in [6.07, 6.45) is -4.92. The average molecular weight is 236 g/mol. The molecule has 0 amide bonds. The van der Waals surface area contributed by atoms with E-state index < -0.39 is 18.2 Å². The van der Waals surface area contributed by atoms with Gasteiger partial charge in [-0.2, -0.15) is 0 Å². The normalized spacial score (nSPS) is 11.0. The van der Waals surface area contributed by atoms with Crippen molar-refractivity contribution in [2.24, 2.45) is 0 Å². The highest BCUT2D eigenvalue weighted by Gasteiger charge is 2.33. The smallest absolute Gasteiger partial charge is 0.464 e. The SMILES string of the molecule is COC(=O)c1ccc(N)c(OC(F)(F)F)n1. The number of carbonyl (C=O) groups is 1. The molecule has 0 saturated carbocycles. The molecule has 0 saturated heterocycles. The first-order valence-electron chi connectivity index (χ1n) is 3.94. The number of nitrogens with two attached hydrogens (primary N) is 1. The molecule has 0 unspecified atom stereocenters. The van der Waals surface area contributed by atoms with Gasteiger partial charge < -0.3 is 15.2 Å². The van der Waals surface area contributed by atoms with Crippen LogP contribution in [-0.4, -0.2) is 24.4 Å². The van der Waals surface area contributed by atoms with Crippen molar-refractivity contribution in [3.63, 3.8) is 0 Å². The molecule has 1 aromatic heterocycles. The third-order valence-electron chi connectivity index (χ3n) is 1.50. The summed E-state index contributed by atoms with van der Waals surface area (Å²) < 4.78 is 43.5. The van der Waals surface area contributed by atoms with Crippen molar-refractivity contribution in [3.8, 4) is 5.88 Å². The summed E-state index contributed by atoms with van der Waals surface area (Å²) in [5, 5.41) is 0. The fourth-order valence-corrected chi connectivity index (χ4v) is 0.861. The predicted octanol–water partition coefficient (Wildman–Crippen LogP) is 1.35. The molecule has 0 aliphatic carbocycles. The van der Waals surface area contributed by atoms with E-state index in [4.69, 9.17) is 5.73 Å². The summed E-state index contributed by atoms with van der Waals surface area (Å²) in [6.45, 7) is 0. The largest absolute Gasteiger partial charge is 0.574 e. The minimum atomic E-state index is -4.92. The van der Waals surface area contributed by atoms with Crippen molar-refractivity contribution >= 4 is 11.7 Å². The molecule has 0 aliphatic heterocycles. The van der Waals surface area contributed by atoms with Crippen LogP contribution in [0.4, 0.5) is 18.9 Å². The molecule has 0 aromatic carbocycles. The zero-order valence-corrected chi connectivity index (χ0v) is 8.04. The number of alkyl halides is 3. The van der Waals surface area contributed by atoms with Crippen molar-refractivity contribution in [1.82, 2.24) is 4.98 Å². The van der Waals surface area contributed by atoms with Gasteiger partial charge in [-0.25, -0.2) is 9.78 Å². The second-order valence-electron chi connectivity index (χ2n) is 2.63. The summed E-state index contributed by atoms with van der Waals surface area (Å²) in [6, 6.07) is 2.20. The molecule has 88 valence electrons. The molecule has 8 heteroatoms. The Morgan fingerprint density at radius 2 is 2.06 bits per heavy atom. The molecule has 5 nitrogen and oxygen atoms in total. The summed E-state index contributed by atoms with van der Waals surface area (Å²) in [7, 11) is 1.07. The number of carbonyl (C=O) groups excluding carboxylic acids is 1. The fourth-order valence-electron chi connectivity index (χ4n) is 0.861. The highest BCUT2D eigenvalue weighted by atomic mass is 19.4. The molecular weight excluding hydrogens is 229 g/mol. The molecule has 0 radical (unpaired) electrons. The van der Waals surface area contributed by atoms with Gasteiger partial charge in [-0.3, -0.25) is 0 Å². The van der Waals surface area contributed by atoms with Gasteiger partial charge in [0.05, 0.1) is 12.8 Å². The maximum atomic E-state index is 11.9. The molecule has 0 bridgehead atoms. The van der Waals surface area contributed by atoms with Crippen molar-refractivity contribution in [1.29, 1.82) is 0 Å². The molecule has 0 fully saturated rings. The van der Waals surface area contributed by atoms with E-state index >= 15 is 0 Å². The summed E-state index contributed by atoms with van der Waals surface area (Å²) in [4.78, 5) is 14.3. The highest BCUT2D eigenvalue weighted by Crippen LogP contribution is 2.26. The summed E-state index contributed by atoms with van der Waals surface area (Å²) >= 11 is 0. The number of esters is 1. The van der Waals surface area contributed by atoms with E-state index in [9.17, 15) is 18.0 Å². The Balaban J connectivity index is 3.04. The summed E-state index contributed by atoms with van der Waals surface area (Å²) in [5.74, 6) is -1.76. The zero-order valence-electron chi connectivity index (χ0n) is 8.04. The van der Waals surface area contributed by atoms with Crippen molar-refractivity contribution in [2.45, 2.75) is 6.36 Å². The number of pyridine rings is 1. The number of hydrogen-bond donors (Lipinski definition) is 1. The number of aromatic nitrogens is 1. The Morgan fingerprint density at radius 1 is 1.44 bits per heavy atom. The van der Waals surface area contributed by atoms with Crippen molar-refractivity contribution in [3.05, 3.63) is 17.8 Å². The van der Waals surface area contributed by atoms with Gasteiger partial charge in [0.2, 0.25) is 5.88 Å². The minimum absolute atomic E-state index is 0.323. The van der Waals surface area contributed by atoms with Crippen LogP contribution in [0.2, 0.25) is 0 Å². The second kappa shape index (κ2) is 4.25. The first-order valence-corrected chi connectivity index (χ1v) is 3.94. The molecule has 0 aliphatic rings. The van der Waals surface area contributed by atoms with Crippen LogP contribution in [0.15, 0.2) is 12.1 Å². The molecule has 1 rings (SSSR count). The van der Waals surface area contributed by atoms with Crippen LogP contribution < -0.4 is 10.5 Å². The topological polar surface area (TPSA) is 74.4 Å². The second-order valence-corrected chi connectivity index (χ2v) is 2.63. The molecule has 0 spiro atoms. The monoisotopic (exact) mass is 236 g/mol. The van der Waals surface area contributed by atoms with E-state index in [0.29, 0.717) is 0 Å². The van der Waals surface area contributed by atoms with E-state index in [0.717, 1.165) is 19.2 Å². The quantitative estimate of drug-likeness (QED) is 0.784. The van der Waals surface area contributed by atoms with Gasteiger partial charge in [-0.1, -0.05) is 0 Å². The van der Waals surface area contributed by atoms with Crippen LogP contribution in [0.5, 0.6) is 5.88 Å². The maximum absolute atomic E-state index is 11.9. The number of anilines is 1. The van der Waals surface area contributed by atoms with E-state index in [1.54, 1.807) is 0 Å². The lowest BCUT2D eigenvalue weighted by Crippen LogP contribution is -2.19. The third kappa shape index (κ3) is 3.01. The highest BCUT2D eigenvalue weighted by molar-refractivity contribution is 5.87. The molecule has 1 aromatic rings. The van der Waals surface area contributed by atoms with Crippen LogP contribution in [0.25, 0.3) is 0 Å². The zero-order chi connectivity index (χ0) is 12.3. The van der Waals surface area contributed by atoms with Gasteiger partial charge in [0.15, 0.2) is 5.69 Å². The first kappa shape index (κ1) is 12.1. The predicted molar refractivity (Wildman–Crippen MR) is 46.7 cm³/mol. The van der Waals surface area contributed by atoms with Gasteiger partial charge in [-0.15, -0.1) is 13.2 Å². The van der Waals surface area contributed by atoms with E-state index in [1.165, 1.54) is 0 Å². The summed E-state index contributed by atoms with van der Waals surface area (Å²) in [5.41, 5.74) is 4.55. The molecular formula is C8H7F3N2O3. The van der Waals surface area contributed by atoms with Gasteiger partial charge in [-0.05, 0) is 12.1 Å². The number of halogens is 3. The number of rotatable bonds is 2. The fraction of sp³-hybridized carbons (Fsp3) is 0.250. The van der Waals surface area contributed by atoms with Crippen LogP contribution in [0.1, 0.15) is 10.5 Å². The Kier molecular flexibility index (Phi) is 3.21. The lowest BCUT2D eigenvalue weighted by Gasteiger charge is -2.10. The Morgan fingerprint density at radius 3 is 2.56 bits per heavy atom. The minimum Gasteiger partial charge on any atom is -0.464 e. The number of methoxy groups -OCH3 is 1. The van der Waals surface area contributed by atoms with E-state index in [1.807, 2.05) is 0 Å². The number of nitrogens with zero attached hydrogens (tertiary/aromatic N) is 1. The Labute approximate surface area is 88.0 Å². The lowest BCUT2D eigenvalue weighted by atomic mass is 10.3.